The van der Waals surface area contributed by atoms with Crippen LogP contribution >= 0.6 is 0 Å². The SMILES string of the molecule is O=C(Oc1ccc(OCc2ccccc2)cc1)c1ccccc1[N+](=O)[O-]. The molecule has 26 heavy (non-hydrogen) atoms. The van der Waals surface area contributed by atoms with Crippen molar-refractivity contribution in [1.82, 2.24) is 0 Å². The van der Waals surface area contributed by atoms with Crippen LogP contribution in [0.1, 0.15) is 15.9 Å². The van der Waals surface area contributed by atoms with Gasteiger partial charge in [-0.05, 0) is 35.9 Å². The number of ether oxygens (including phenoxy) is 2. The Hall–Kier alpha value is -3.67. The first kappa shape index (κ1) is 17.2. The predicted molar refractivity (Wildman–Crippen MR) is 95.3 cm³/mol. The van der Waals surface area contributed by atoms with Gasteiger partial charge in [0, 0.05) is 6.07 Å². The molecule has 0 saturated heterocycles. The average Bonchev–Trinajstić information content (AvgIpc) is 2.68. The lowest BCUT2D eigenvalue weighted by Crippen LogP contribution is -2.10. The van der Waals surface area contributed by atoms with Crippen LogP contribution in [0.5, 0.6) is 11.5 Å². The largest absolute Gasteiger partial charge is 0.489 e. The van der Waals surface area contributed by atoms with Crippen LogP contribution in [0.4, 0.5) is 5.69 Å². The number of nitro benzene ring substituents is 1. The molecule has 130 valence electrons. The van der Waals surface area contributed by atoms with Gasteiger partial charge < -0.3 is 9.47 Å². The average molecular weight is 349 g/mol. The molecule has 0 heterocycles. The lowest BCUT2D eigenvalue weighted by atomic mass is 10.2. The highest BCUT2D eigenvalue weighted by Gasteiger charge is 2.20. The molecule has 0 radical (unpaired) electrons. The molecule has 6 heteroatoms. The van der Waals surface area contributed by atoms with Crippen LogP contribution in [-0.4, -0.2) is 10.9 Å². The second kappa shape index (κ2) is 7.94. The summed E-state index contributed by atoms with van der Waals surface area (Å²) in [6.07, 6.45) is 0. The summed E-state index contributed by atoms with van der Waals surface area (Å²) in [6, 6.07) is 21.9. The number of carbonyl (C=O) groups is 1. The van der Waals surface area contributed by atoms with E-state index in [4.69, 9.17) is 9.47 Å². The third kappa shape index (κ3) is 4.24. The summed E-state index contributed by atoms with van der Waals surface area (Å²) < 4.78 is 10.9. The van der Waals surface area contributed by atoms with Gasteiger partial charge in [0.15, 0.2) is 0 Å². The molecule has 0 atom stereocenters. The summed E-state index contributed by atoms with van der Waals surface area (Å²) in [4.78, 5) is 22.6. The first-order valence-corrected chi connectivity index (χ1v) is 7.86. The van der Waals surface area contributed by atoms with E-state index in [2.05, 4.69) is 0 Å². The smallest absolute Gasteiger partial charge is 0.350 e. The van der Waals surface area contributed by atoms with Gasteiger partial charge in [-0.15, -0.1) is 0 Å². The molecule has 0 aliphatic heterocycles. The minimum absolute atomic E-state index is 0.0955. The molecule has 0 N–H and O–H groups in total. The molecular formula is C20H15NO5. The van der Waals surface area contributed by atoms with Gasteiger partial charge in [-0.3, -0.25) is 10.1 Å². The molecule has 0 saturated carbocycles. The molecule has 3 aromatic carbocycles. The molecule has 0 aromatic heterocycles. The monoisotopic (exact) mass is 349 g/mol. The summed E-state index contributed by atoms with van der Waals surface area (Å²) in [5.74, 6) is 0.120. The van der Waals surface area contributed by atoms with Gasteiger partial charge in [0.25, 0.3) is 5.69 Å². The van der Waals surface area contributed by atoms with Crippen LogP contribution in [0.15, 0.2) is 78.9 Å². The second-order valence-corrected chi connectivity index (χ2v) is 5.41. The van der Waals surface area contributed by atoms with Gasteiger partial charge in [0.05, 0.1) is 4.92 Å². The summed E-state index contributed by atoms with van der Waals surface area (Å²) >= 11 is 0. The molecule has 0 unspecified atom stereocenters. The Labute approximate surface area is 149 Å². The first-order valence-electron chi connectivity index (χ1n) is 7.86. The highest BCUT2D eigenvalue weighted by atomic mass is 16.6. The number of esters is 1. The van der Waals surface area contributed by atoms with Gasteiger partial charge >= 0.3 is 5.97 Å². The quantitative estimate of drug-likeness (QED) is 0.285. The second-order valence-electron chi connectivity index (χ2n) is 5.41. The van der Waals surface area contributed by atoms with Gasteiger partial charge in [0.1, 0.15) is 23.7 Å². The lowest BCUT2D eigenvalue weighted by molar-refractivity contribution is -0.385. The molecule has 3 rings (SSSR count). The minimum atomic E-state index is -0.782. The van der Waals surface area contributed by atoms with Crippen molar-refractivity contribution < 1.29 is 19.2 Å². The van der Waals surface area contributed by atoms with E-state index in [1.54, 1.807) is 30.3 Å². The highest BCUT2D eigenvalue weighted by molar-refractivity contribution is 5.95. The number of para-hydroxylation sites is 1. The van der Waals surface area contributed by atoms with Gasteiger partial charge in [-0.25, -0.2) is 4.79 Å². The molecule has 0 spiro atoms. The Balaban J connectivity index is 1.64. The Kier molecular flexibility index (Phi) is 5.24. The van der Waals surface area contributed by atoms with E-state index in [0.29, 0.717) is 12.4 Å². The third-order valence-corrected chi connectivity index (χ3v) is 3.60. The standard InChI is InChI=1S/C20H15NO5/c22-20(18-8-4-5-9-19(18)21(23)24)26-17-12-10-16(11-13-17)25-14-15-6-2-1-3-7-15/h1-13H,14H2. The topological polar surface area (TPSA) is 78.7 Å². The van der Waals surface area contributed by atoms with E-state index in [9.17, 15) is 14.9 Å². The van der Waals surface area contributed by atoms with Crippen molar-refractivity contribution in [3.8, 4) is 11.5 Å². The molecule has 6 nitrogen and oxygen atoms in total. The van der Waals surface area contributed by atoms with Crippen molar-refractivity contribution in [2.24, 2.45) is 0 Å². The minimum Gasteiger partial charge on any atom is -0.489 e. The number of nitrogens with zero attached hydrogens (tertiary/aromatic N) is 1. The molecule has 0 aliphatic rings. The number of hydrogen-bond acceptors (Lipinski definition) is 5. The maximum Gasteiger partial charge on any atom is 0.350 e. The summed E-state index contributed by atoms with van der Waals surface area (Å²) in [5, 5.41) is 11.0. The number of hydrogen-bond donors (Lipinski definition) is 0. The van der Waals surface area contributed by atoms with E-state index in [1.807, 2.05) is 30.3 Å². The fraction of sp³-hybridized carbons (Fsp3) is 0.0500. The number of carbonyl (C=O) groups excluding carboxylic acids is 1. The van der Waals surface area contributed by atoms with E-state index in [-0.39, 0.29) is 17.0 Å². The van der Waals surface area contributed by atoms with Gasteiger partial charge in [-0.2, -0.15) is 0 Å². The van der Waals surface area contributed by atoms with Crippen LogP contribution in [0.25, 0.3) is 0 Å². The lowest BCUT2D eigenvalue weighted by Gasteiger charge is -2.08. The van der Waals surface area contributed by atoms with E-state index in [1.165, 1.54) is 18.2 Å². The fourth-order valence-electron chi connectivity index (χ4n) is 2.31. The van der Waals surface area contributed by atoms with E-state index < -0.39 is 10.9 Å². The van der Waals surface area contributed by atoms with Crippen LogP contribution in [0.2, 0.25) is 0 Å². The fourth-order valence-corrected chi connectivity index (χ4v) is 2.31. The molecule has 0 fully saturated rings. The summed E-state index contributed by atoms with van der Waals surface area (Å²) in [6.45, 7) is 0.427. The normalized spacial score (nSPS) is 10.2. The van der Waals surface area contributed by atoms with Crippen molar-refractivity contribution in [2.75, 3.05) is 0 Å². The number of nitro groups is 1. The molecule has 0 aliphatic carbocycles. The van der Waals surface area contributed by atoms with Crippen LogP contribution in [0.3, 0.4) is 0 Å². The Morgan fingerprint density at radius 1 is 0.846 bits per heavy atom. The van der Waals surface area contributed by atoms with Crippen LogP contribution < -0.4 is 9.47 Å². The van der Waals surface area contributed by atoms with Gasteiger partial charge in [-0.1, -0.05) is 42.5 Å². The molecule has 3 aromatic rings. The summed E-state index contributed by atoms with van der Waals surface area (Å²) in [5.41, 5.74) is 0.654. The van der Waals surface area contributed by atoms with Crippen molar-refractivity contribution in [3.05, 3.63) is 100 Å². The van der Waals surface area contributed by atoms with Crippen LogP contribution in [0, 0.1) is 10.1 Å². The zero-order chi connectivity index (χ0) is 18.4. The zero-order valence-corrected chi connectivity index (χ0v) is 13.7. The van der Waals surface area contributed by atoms with Crippen molar-refractivity contribution in [3.63, 3.8) is 0 Å². The zero-order valence-electron chi connectivity index (χ0n) is 13.7. The Bertz CT molecular complexity index is 907. The highest BCUT2D eigenvalue weighted by Crippen LogP contribution is 2.22. The molecule has 0 amide bonds. The molecular weight excluding hydrogens is 334 g/mol. The van der Waals surface area contributed by atoms with E-state index >= 15 is 0 Å². The number of benzene rings is 3. The van der Waals surface area contributed by atoms with Crippen molar-refractivity contribution >= 4 is 11.7 Å². The summed E-state index contributed by atoms with van der Waals surface area (Å²) in [7, 11) is 0. The van der Waals surface area contributed by atoms with Crippen LogP contribution in [-0.2, 0) is 6.61 Å². The maximum atomic E-state index is 12.2. The van der Waals surface area contributed by atoms with Gasteiger partial charge in [0.2, 0.25) is 0 Å². The Morgan fingerprint density at radius 3 is 2.15 bits per heavy atom. The number of rotatable bonds is 6. The van der Waals surface area contributed by atoms with E-state index in [0.717, 1.165) is 5.56 Å². The van der Waals surface area contributed by atoms with Crippen molar-refractivity contribution in [1.29, 1.82) is 0 Å². The Morgan fingerprint density at radius 2 is 1.46 bits per heavy atom. The third-order valence-electron chi connectivity index (χ3n) is 3.60. The van der Waals surface area contributed by atoms with Crippen molar-refractivity contribution in [2.45, 2.75) is 6.61 Å². The molecule has 0 bridgehead atoms. The predicted octanol–water partition coefficient (Wildman–Crippen LogP) is 4.39. The maximum absolute atomic E-state index is 12.2. The first-order chi connectivity index (χ1) is 12.6.